The summed E-state index contributed by atoms with van der Waals surface area (Å²) in [5.74, 6) is 1.44. The molecule has 1 aromatic carbocycles. The lowest BCUT2D eigenvalue weighted by molar-refractivity contribution is 0.380. The Hall–Kier alpha value is -1.68. The van der Waals surface area contributed by atoms with Crippen LogP contribution in [0.15, 0.2) is 27.7 Å². The minimum atomic E-state index is -0.182. The van der Waals surface area contributed by atoms with E-state index in [0.717, 1.165) is 42.0 Å². The molecule has 2 aromatic rings. The fourth-order valence-corrected chi connectivity index (χ4v) is 3.01. The van der Waals surface area contributed by atoms with Gasteiger partial charge in [-0.2, -0.15) is 0 Å². The van der Waals surface area contributed by atoms with Crippen LogP contribution in [0.2, 0.25) is 0 Å². The van der Waals surface area contributed by atoms with E-state index < -0.39 is 0 Å². The standard InChI is InChI=1S/C21H32FN5O.HI/c1-6-19-17(20(7-2)28-26-19)13-25-21(23-8-3)24-12-15-9-10-18(22)16(11-15)14-27(4)5;/h9-11H,6-8,12-14H2,1-5H3,(H2,23,24,25);1H. The van der Waals surface area contributed by atoms with Crippen molar-refractivity contribution >= 4 is 29.9 Å². The molecule has 2 N–H and O–H groups in total. The van der Waals surface area contributed by atoms with E-state index in [-0.39, 0.29) is 29.8 Å². The first-order valence-electron chi connectivity index (χ1n) is 9.88. The van der Waals surface area contributed by atoms with Crippen molar-refractivity contribution in [1.82, 2.24) is 20.7 Å². The maximum Gasteiger partial charge on any atom is 0.191 e. The zero-order valence-electron chi connectivity index (χ0n) is 18.0. The second-order valence-corrected chi connectivity index (χ2v) is 6.95. The Morgan fingerprint density at radius 3 is 2.55 bits per heavy atom. The first kappa shape index (κ1) is 25.4. The largest absolute Gasteiger partial charge is 0.361 e. The monoisotopic (exact) mass is 517 g/mol. The van der Waals surface area contributed by atoms with Gasteiger partial charge in [-0.15, -0.1) is 24.0 Å². The molecule has 0 spiro atoms. The van der Waals surface area contributed by atoms with Crippen molar-refractivity contribution < 1.29 is 8.91 Å². The predicted octanol–water partition coefficient (Wildman–Crippen LogP) is 3.87. The van der Waals surface area contributed by atoms with Crippen LogP contribution in [0, 0.1) is 5.82 Å². The van der Waals surface area contributed by atoms with Gasteiger partial charge in [0, 0.05) is 37.2 Å². The molecule has 0 aliphatic heterocycles. The molecule has 29 heavy (non-hydrogen) atoms. The smallest absolute Gasteiger partial charge is 0.191 e. The molecular weight excluding hydrogens is 484 g/mol. The number of hydrogen-bond donors (Lipinski definition) is 2. The molecular formula is C21H33FIN5O. The molecule has 6 nitrogen and oxygen atoms in total. The summed E-state index contributed by atoms with van der Waals surface area (Å²) in [7, 11) is 3.86. The van der Waals surface area contributed by atoms with E-state index in [1.807, 2.05) is 32.0 Å². The Labute approximate surface area is 190 Å². The Bertz CT molecular complexity index is 770. The second kappa shape index (κ2) is 12.8. The first-order valence-corrected chi connectivity index (χ1v) is 9.88. The molecule has 0 aliphatic carbocycles. The van der Waals surface area contributed by atoms with Crippen molar-refractivity contribution in [2.45, 2.75) is 53.2 Å². The van der Waals surface area contributed by atoms with Crippen LogP contribution in [0.4, 0.5) is 4.39 Å². The Kier molecular flexibility index (Phi) is 11.2. The zero-order valence-corrected chi connectivity index (χ0v) is 20.3. The van der Waals surface area contributed by atoms with E-state index in [9.17, 15) is 4.39 Å². The minimum absolute atomic E-state index is 0. The quantitative estimate of drug-likeness (QED) is 0.301. The summed E-state index contributed by atoms with van der Waals surface area (Å²) in [6.45, 7) is 8.56. The molecule has 0 aliphatic rings. The average molecular weight is 517 g/mol. The van der Waals surface area contributed by atoms with E-state index in [0.29, 0.717) is 31.2 Å². The number of guanidine groups is 1. The van der Waals surface area contributed by atoms with Crippen LogP contribution in [0.1, 0.15) is 48.9 Å². The molecule has 0 amide bonds. The van der Waals surface area contributed by atoms with Crippen molar-refractivity contribution in [3.63, 3.8) is 0 Å². The van der Waals surface area contributed by atoms with E-state index in [1.165, 1.54) is 6.07 Å². The molecule has 0 radical (unpaired) electrons. The van der Waals surface area contributed by atoms with Gasteiger partial charge in [-0.3, -0.25) is 0 Å². The molecule has 0 fully saturated rings. The number of aryl methyl sites for hydroxylation is 2. The number of halogens is 2. The van der Waals surface area contributed by atoms with Crippen LogP contribution >= 0.6 is 24.0 Å². The molecule has 0 bridgehead atoms. The average Bonchev–Trinajstić information content (AvgIpc) is 3.07. The van der Waals surface area contributed by atoms with Crippen molar-refractivity contribution in [3.8, 4) is 0 Å². The van der Waals surface area contributed by atoms with Gasteiger partial charge >= 0.3 is 0 Å². The topological polar surface area (TPSA) is 65.7 Å². The van der Waals surface area contributed by atoms with E-state index >= 15 is 0 Å². The Balaban J connectivity index is 0.00000420. The molecule has 0 unspecified atom stereocenters. The number of nitrogens with zero attached hydrogens (tertiary/aromatic N) is 3. The van der Waals surface area contributed by atoms with E-state index in [2.05, 4.69) is 34.6 Å². The predicted molar refractivity (Wildman–Crippen MR) is 126 cm³/mol. The van der Waals surface area contributed by atoms with Gasteiger partial charge in [0.15, 0.2) is 5.96 Å². The van der Waals surface area contributed by atoms with Gasteiger partial charge in [0.2, 0.25) is 0 Å². The third-order valence-corrected chi connectivity index (χ3v) is 4.40. The fourth-order valence-electron chi connectivity index (χ4n) is 3.01. The third kappa shape index (κ3) is 7.58. The summed E-state index contributed by atoms with van der Waals surface area (Å²) in [5.41, 5.74) is 3.74. The zero-order chi connectivity index (χ0) is 20.5. The van der Waals surface area contributed by atoms with E-state index in [1.54, 1.807) is 6.07 Å². The third-order valence-electron chi connectivity index (χ3n) is 4.40. The number of aliphatic imine (C=N–C) groups is 1. The van der Waals surface area contributed by atoms with Crippen LogP contribution in [0.3, 0.4) is 0 Å². The minimum Gasteiger partial charge on any atom is -0.361 e. The normalized spacial score (nSPS) is 11.5. The lowest BCUT2D eigenvalue weighted by atomic mass is 10.1. The summed E-state index contributed by atoms with van der Waals surface area (Å²) in [5, 5.41) is 10.8. The Morgan fingerprint density at radius 1 is 1.17 bits per heavy atom. The highest BCUT2D eigenvalue weighted by Crippen LogP contribution is 2.16. The number of hydrogen-bond acceptors (Lipinski definition) is 4. The molecule has 8 heteroatoms. The van der Waals surface area contributed by atoms with E-state index in [4.69, 9.17) is 4.52 Å². The van der Waals surface area contributed by atoms with Crippen molar-refractivity contribution in [2.24, 2.45) is 4.99 Å². The van der Waals surface area contributed by atoms with Crippen LogP contribution in [0.25, 0.3) is 0 Å². The summed E-state index contributed by atoms with van der Waals surface area (Å²) < 4.78 is 19.4. The summed E-state index contributed by atoms with van der Waals surface area (Å²) in [6, 6.07) is 5.18. The lowest BCUT2D eigenvalue weighted by Crippen LogP contribution is -2.37. The van der Waals surface area contributed by atoms with Crippen LogP contribution in [-0.4, -0.2) is 36.7 Å². The van der Waals surface area contributed by atoms with Crippen molar-refractivity contribution in [2.75, 3.05) is 20.6 Å². The van der Waals surface area contributed by atoms with Crippen LogP contribution in [0.5, 0.6) is 0 Å². The first-order chi connectivity index (χ1) is 13.5. The highest BCUT2D eigenvalue weighted by Gasteiger charge is 2.13. The number of benzene rings is 1. The van der Waals surface area contributed by atoms with Gasteiger partial charge in [0.05, 0.1) is 12.2 Å². The maximum absolute atomic E-state index is 14.0. The maximum atomic E-state index is 14.0. The van der Waals surface area contributed by atoms with Gasteiger partial charge < -0.3 is 20.1 Å². The van der Waals surface area contributed by atoms with Gasteiger partial charge in [0.1, 0.15) is 11.6 Å². The van der Waals surface area contributed by atoms with Crippen molar-refractivity contribution in [3.05, 3.63) is 52.2 Å². The molecule has 0 saturated heterocycles. The lowest BCUT2D eigenvalue weighted by Gasteiger charge is -2.13. The Morgan fingerprint density at radius 2 is 1.93 bits per heavy atom. The van der Waals surface area contributed by atoms with Crippen molar-refractivity contribution in [1.29, 1.82) is 0 Å². The van der Waals surface area contributed by atoms with Gasteiger partial charge in [-0.1, -0.05) is 25.1 Å². The van der Waals surface area contributed by atoms with Crippen LogP contribution in [-0.2, 0) is 32.5 Å². The second-order valence-electron chi connectivity index (χ2n) is 6.95. The summed E-state index contributed by atoms with van der Waals surface area (Å²) in [4.78, 5) is 6.60. The highest BCUT2D eigenvalue weighted by molar-refractivity contribution is 14.0. The van der Waals surface area contributed by atoms with Gasteiger partial charge in [-0.25, -0.2) is 9.38 Å². The molecule has 2 rings (SSSR count). The SMILES string of the molecule is CCNC(=NCc1ccc(F)c(CN(C)C)c1)NCc1c(CC)noc1CC.I. The molecule has 1 aromatic heterocycles. The number of rotatable bonds is 9. The molecule has 162 valence electrons. The van der Waals surface area contributed by atoms with Gasteiger partial charge in [0.25, 0.3) is 0 Å². The molecule has 0 saturated carbocycles. The molecule has 1 heterocycles. The number of aromatic nitrogens is 1. The highest BCUT2D eigenvalue weighted by atomic mass is 127. The fraction of sp³-hybridized carbons (Fsp3) is 0.524. The summed E-state index contributed by atoms with van der Waals surface area (Å²) >= 11 is 0. The summed E-state index contributed by atoms with van der Waals surface area (Å²) in [6.07, 6.45) is 1.64. The number of nitrogens with one attached hydrogen (secondary N) is 2. The van der Waals surface area contributed by atoms with Gasteiger partial charge in [-0.05, 0) is 45.1 Å². The van der Waals surface area contributed by atoms with Crippen LogP contribution < -0.4 is 10.6 Å². The molecule has 0 atom stereocenters.